The zero-order valence-corrected chi connectivity index (χ0v) is 12.0. The first kappa shape index (κ1) is 15.5. The molecular formula is C12H17NO5S. The van der Waals surface area contributed by atoms with E-state index in [9.17, 15) is 13.2 Å². The Labute approximate surface area is 112 Å². The van der Waals surface area contributed by atoms with Crippen LogP contribution in [0.25, 0.3) is 0 Å². The van der Waals surface area contributed by atoms with Gasteiger partial charge in [0.1, 0.15) is 11.8 Å². The summed E-state index contributed by atoms with van der Waals surface area (Å²) in [5, 5.41) is 8.75. The summed E-state index contributed by atoms with van der Waals surface area (Å²) in [6, 6.07) is 1.88. The molecule has 1 aromatic rings. The number of rotatable bonds is 5. The number of carboxylic acid groups (broad SMARTS) is 1. The Morgan fingerprint density at radius 1 is 1.32 bits per heavy atom. The predicted molar refractivity (Wildman–Crippen MR) is 69.9 cm³/mol. The molecule has 0 aliphatic rings. The van der Waals surface area contributed by atoms with Gasteiger partial charge < -0.3 is 9.84 Å². The summed E-state index contributed by atoms with van der Waals surface area (Å²) in [6.07, 6.45) is 0. The van der Waals surface area contributed by atoms with E-state index in [2.05, 4.69) is 4.72 Å². The molecule has 0 spiro atoms. The Balaban J connectivity index is 3.22. The molecular weight excluding hydrogens is 270 g/mol. The van der Waals surface area contributed by atoms with Crippen LogP contribution in [0.1, 0.15) is 18.1 Å². The first-order chi connectivity index (χ1) is 8.69. The van der Waals surface area contributed by atoms with Crippen LogP contribution >= 0.6 is 0 Å². The highest BCUT2D eigenvalue weighted by atomic mass is 32.2. The molecule has 1 aromatic carbocycles. The largest absolute Gasteiger partial charge is 0.496 e. The molecule has 0 saturated heterocycles. The van der Waals surface area contributed by atoms with Gasteiger partial charge in [0.25, 0.3) is 0 Å². The quantitative estimate of drug-likeness (QED) is 0.845. The molecule has 0 aromatic heterocycles. The van der Waals surface area contributed by atoms with Gasteiger partial charge >= 0.3 is 5.97 Å². The van der Waals surface area contributed by atoms with Crippen LogP contribution in [0, 0.1) is 13.8 Å². The van der Waals surface area contributed by atoms with Gasteiger partial charge in [0.2, 0.25) is 10.0 Å². The second kappa shape index (κ2) is 5.58. The van der Waals surface area contributed by atoms with Gasteiger partial charge in [-0.1, -0.05) is 0 Å². The third-order valence-corrected chi connectivity index (χ3v) is 4.37. The lowest BCUT2D eigenvalue weighted by Crippen LogP contribution is -2.38. The maximum atomic E-state index is 12.1. The van der Waals surface area contributed by atoms with Crippen LogP contribution in [-0.4, -0.2) is 32.6 Å². The lowest BCUT2D eigenvalue weighted by Gasteiger charge is -2.14. The van der Waals surface area contributed by atoms with Crippen molar-refractivity contribution in [2.75, 3.05) is 7.11 Å². The summed E-state index contributed by atoms with van der Waals surface area (Å²) in [7, 11) is -2.37. The van der Waals surface area contributed by atoms with Crippen molar-refractivity contribution < 1.29 is 23.1 Å². The monoisotopic (exact) mass is 287 g/mol. The average Bonchev–Trinajstić information content (AvgIpc) is 2.30. The average molecular weight is 287 g/mol. The number of hydrogen-bond donors (Lipinski definition) is 2. The van der Waals surface area contributed by atoms with Gasteiger partial charge in [-0.25, -0.2) is 8.42 Å². The Morgan fingerprint density at radius 2 is 1.89 bits per heavy atom. The highest BCUT2D eigenvalue weighted by Crippen LogP contribution is 2.25. The molecule has 0 amide bonds. The Kier molecular flexibility index (Phi) is 4.54. The van der Waals surface area contributed by atoms with Crippen LogP contribution in [-0.2, 0) is 14.8 Å². The fourth-order valence-electron chi connectivity index (χ4n) is 1.62. The lowest BCUT2D eigenvalue weighted by molar-refractivity contribution is -0.138. The molecule has 7 heteroatoms. The van der Waals surface area contributed by atoms with Gasteiger partial charge in [-0.2, -0.15) is 4.72 Å². The van der Waals surface area contributed by atoms with Crippen LogP contribution < -0.4 is 9.46 Å². The highest BCUT2D eigenvalue weighted by molar-refractivity contribution is 7.89. The van der Waals surface area contributed by atoms with E-state index >= 15 is 0 Å². The summed E-state index contributed by atoms with van der Waals surface area (Å²) in [5.74, 6) is -0.644. The smallest absolute Gasteiger partial charge is 0.321 e. The molecule has 1 unspecified atom stereocenters. The van der Waals surface area contributed by atoms with Gasteiger partial charge in [0.15, 0.2) is 0 Å². The SMILES string of the molecule is COc1cc(C)c(S(=O)(=O)NC(C)C(=O)O)cc1C. The fourth-order valence-corrected chi connectivity index (χ4v) is 3.13. The molecule has 1 atom stereocenters. The van der Waals surface area contributed by atoms with E-state index in [-0.39, 0.29) is 4.90 Å². The summed E-state index contributed by atoms with van der Waals surface area (Å²) < 4.78 is 31.4. The van der Waals surface area contributed by atoms with Crippen molar-refractivity contribution in [2.24, 2.45) is 0 Å². The summed E-state index contributed by atoms with van der Waals surface area (Å²) in [4.78, 5) is 10.8. The second-order valence-electron chi connectivity index (χ2n) is 4.27. The molecule has 0 saturated carbocycles. The van der Waals surface area contributed by atoms with Crippen LogP contribution in [0.3, 0.4) is 0 Å². The fraction of sp³-hybridized carbons (Fsp3) is 0.417. The number of nitrogens with one attached hydrogen (secondary N) is 1. The van der Waals surface area contributed by atoms with E-state index in [1.807, 2.05) is 0 Å². The Hall–Kier alpha value is -1.60. The summed E-state index contributed by atoms with van der Waals surface area (Å²) in [6.45, 7) is 4.62. The number of aryl methyl sites for hydroxylation is 2. The number of hydrogen-bond acceptors (Lipinski definition) is 4. The van der Waals surface area contributed by atoms with Gasteiger partial charge in [-0.3, -0.25) is 4.79 Å². The standard InChI is InChI=1S/C12H17NO5S/c1-7-6-11(8(2)5-10(7)18-4)19(16,17)13-9(3)12(14)15/h5-6,9,13H,1-4H3,(H,14,15). The van der Waals surface area contributed by atoms with Gasteiger partial charge in [-0.05, 0) is 44.0 Å². The highest BCUT2D eigenvalue weighted by Gasteiger charge is 2.23. The third kappa shape index (κ3) is 3.45. The molecule has 0 heterocycles. The van der Waals surface area contributed by atoms with Crippen molar-refractivity contribution in [2.45, 2.75) is 31.7 Å². The zero-order chi connectivity index (χ0) is 14.8. The zero-order valence-electron chi connectivity index (χ0n) is 11.2. The normalized spacial score (nSPS) is 13.1. The lowest BCUT2D eigenvalue weighted by atomic mass is 10.1. The molecule has 19 heavy (non-hydrogen) atoms. The minimum absolute atomic E-state index is 0.0545. The molecule has 0 bridgehead atoms. The number of benzene rings is 1. The summed E-state index contributed by atoms with van der Waals surface area (Å²) >= 11 is 0. The number of methoxy groups -OCH3 is 1. The van der Waals surface area contributed by atoms with Gasteiger partial charge in [0, 0.05) is 0 Å². The molecule has 106 valence electrons. The predicted octanol–water partition coefficient (Wildman–Crippen LogP) is 1.06. The van der Waals surface area contributed by atoms with Crippen molar-refractivity contribution in [3.05, 3.63) is 23.3 Å². The second-order valence-corrected chi connectivity index (χ2v) is 5.95. The molecule has 6 nitrogen and oxygen atoms in total. The van der Waals surface area contributed by atoms with E-state index in [1.54, 1.807) is 19.9 Å². The Morgan fingerprint density at radius 3 is 2.37 bits per heavy atom. The molecule has 2 N–H and O–H groups in total. The van der Waals surface area contributed by atoms with E-state index in [1.165, 1.54) is 20.1 Å². The van der Waals surface area contributed by atoms with Crippen molar-refractivity contribution >= 4 is 16.0 Å². The van der Waals surface area contributed by atoms with Crippen molar-refractivity contribution in [3.63, 3.8) is 0 Å². The van der Waals surface area contributed by atoms with Crippen LogP contribution in [0.5, 0.6) is 5.75 Å². The third-order valence-electron chi connectivity index (χ3n) is 2.68. The van der Waals surface area contributed by atoms with Crippen LogP contribution in [0.2, 0.25) is 0 Å². The first-order valence-corrected chi connectivity index (χ1v) is 7.07. The van der Waals surface area contributed by atoms with Crippen molar-refractivity contribution in [3.8, 4) is 5.75 Å². The molecule has 0 aliphatic carbocycles. The van der Waals surface area contributed by atoms with Crippen molar-refractivity contribution in [1.82, 2.24) is 4.72 Å². The van der Waals surface area contributed by atoms with Gasteiger partial charge in [0.05, 0.1) is 12.0 Å². The minimum Gasteiger partial charge on any atom is -0.496 e. The molecule has 0 fully saturated rings. The maximum absolute atomic E-state index is 12.1. The van der Waals surface area contributed by atoms with Crippen LogP contribution in [0.4, 0.5) is 0 Å². The number of aliphatic carboxylic acids is 1. The number of carbonyl (C=O) groups is 1. The van der Waals surface area contributed by atoms with Gasteiger partial charge in [-0.15, -0.1) is 0 Å². The first-order valence-electron chi connectivity index (χ1n) is 5.59. The number of ether oxygens (including phenoxy) is 1. The van der Waals surface area contributed by atoms with E-state index in [0.717, 1.165) is 0 Å². The van der Waals surface area contributed by atoms with E-state index in [0.29, 0.717) is 16.9 Å². The topological polar surface area (TPSA) is 92.7 Å². The Bertz CT molecular complexity index is 594. The number of sulfonamides is 1. The molecule has 1 rings (SSSR count). The van der Waals surface area contributed by atoms with Crippen LogP contribution in [0.15, 0.2) is 17.0 Å². The summed E-state index contributed by atoms with van der Waals surface area (Å²) in [5.41, 5.74) is 1.16. The molecule has 0 radical (unpaired) electrons. The van der Waals surface area contributed by atoms with E-state index in [4.69, 9.17) is 9.84 Å². The van der Waals surface area contributed by atoms with Crippen molar-refractivity contribution in [1.29, 1.82) is 0 Å². The maximum Gasteiger partial charge on any atom is 0.321 e. The molecule has 0 aliphatic heterocycles. The minimum atomic E-state index is -3.87. The van der Waals surface area contributed by atoms with E-state index < -0.39 is 22.0 Å². The number of carboxylic acids is 1.